The lowest BCUT2D eigenvalue weighted by Gasteiger charge is -2.14. The molecule has 0 bridgehead atoms. The molecule has 0 aromatic heterocycles. The molecule has 108 valence electrons. The average Bonchev–Trinajstić information content (AvgIpc) is 2.91. The third kappa shape index (κ3) is 2.38. The van der Waals surface area contributed by atoms with Gasteiger partial charge in [0.1, 0.15) is 5.25 Å². The molecule has 0 aliphatic heterocycles. The monoisotopic (exact) mass is 306 g/mol. The number of alkyl halides is 2. The second-order valence-electron chi connectivity index (χ2n) is 4.83. The Hall–Kier alpha value is -2.01. The van der Waals surface area contributed by atoms with Gasteiger partial charge in [0, 0.05) is 5.56 Å². The SMILES string of the molecule is O=S(=O)(c1ccccc1)C1C=Cc2ccc(C(F)F)cc21. The van der Waals surface area contributed by atoms with Crippen molar-refractivity contribution in [2.45, 2.75) is 16.6 Å². The van der Waals surface area contributed by atoms with Crippen molar-refractivity contribution >= 4 is 15.9 Å². The first kappa shape index (κ1) is 13.9. The number of rotatable bonds is 3. The molecule has 2 nitrogen and oxygen atoms in total. The number of hydrogen-bond donors (Lipinski definition) is 0. The predicted molar refractivity (Wildman–Crippen MR) is 76.8 cm³/mol. The van der Waals surface area contributed by atoms with Crippen LogP contribution in [0.4, 0.5) is 8.78 Å². The Labute approximate surface area is 121 Å². The van der Waals surface area contributed by atoms with Gasteiger partial charge in [-0.3, -0.25) is 0 Å². The highest BCUT2D eigenvalue weighted by atomic mass is 32.2. The molecule has 0 saturated carbocycles. The van der Waals surface area contributed by atoms with Gasteiger partial charge in [0.2, 0.25) is 0 Å². The van der Waals surface area contributed by atoms with Crippen LogP contribution >= 0.6 is 0 Å². The van der Waals surface area contributed by atoms with Crippen LogP contribution in [0, 0.1) is 0 Å². The predicted octanol–water partition coefficient (Wildman–Crippen LogP) is 4.17. The van der Waals surface area contributed by atoms with E-state index in [0.29, 0.717) is 11.1 Å². The van der Waals surface area contributed by atoms with Gasteiger partial charge in [-0.15, -0.1) is 0 Å². The highest BCUT2D eigenvalue weighted by Crippen LogP contribution is 2.39. The molecular weight excluding hydrogens is 294 g/mol. The minimum atomic E-state index is -3.63. The summed E-state index contributed by atoms with van der Waals surface area (Å²) in [6.07, 6.45) is 0.592. The van der Waals surface area contributed by atoms with Crippen LogP contribution in [0.2, 0.25) is 0 Å². The van der Waals surface area contributed by atoms with E-state index in [1.165, 1.54) is 30.3 Å². The van der Waals surface area contributed by atoms with E-state index in [-0.39, 0.29) is 10.5 Å². The van der Waals surface area contributed by atoms with Crippen LogP contribution in [0.1, 0.15) is 28.4 Å². The summed E-state index contributed by atoms with van der Waals surface area (Å²) in [5.74, 6) is 0. The molecule has 21 heavy (non-hydrogen) atoms. The van der Waals surface area contributed by atoms with E-state index in [9.17, 15) is 17.2 Å². The Morgan fingerprint density at radius 3 is 2.38 bits per heavy atom. The lowest BCUT2D eigenvalue weighted by molar-refractivity contribution is 0.151. The molecule has 0 radical (unpaired) electrons. The van der Waals surface area contributed by atoms with Crippen LogP contribution in [-0.2, 0) is 9.84 Å². The van der Waals surface area contributed by atoms with Crippen molar-refractivity contribution in [2.24, 2.45) is 0 Å². The number of sulfone groups is 1. The maximum Gasteiger partial charge on any atom is 0.263 e. The van der Waals surface area contributed by atoms with Crippen LogP contribution in [-0.4, -0.2) is 8.42 Å². The molecule has 5 heteroatoms. The van der Waals surface area contributed by atoms with Crippen molar-refractivity contribution in [3.8, 4) is 0 Å². The molecule has 1 aliphatic carbocycles. The maximum absolute atomic E-state index is 12.8. The van der Waals surface area contributed by atoms with Crippen LogP contribution < -0.4 is 0 Å². The number of halogens is 2. The van der Waals surface area contributed by atoms with E-state index in [4.69, 9.17) is 0 Å². The molecule has 2 aromatic carbocycles. The summed E-state index contributed by atoms with van der Waals surface area (Å²) in [7, 11) is -3.63. The lowest BCUT2D eigenvalue weighted by Crippen LogP contribution is -2.11. The first-order valence-electron chi connectivity index (χ1n) is 6.39. The second-order valence-corrected chi connectivity index (χ2v) is 6.90. The van der Waals surface area contributed by atoms with E-state index in [1.54, 1.807) is 30.4 Å². The first-order valence-corrected chi connectivity index (χ1v) is 7.94. The Balaban J connectivity index is 2.09. The molecule has 1 atom stereocenters. The summed E-state index contributed by atoms with van der Waals surface area (Å²) in [6.45, 7) is 0. The Bertz CT molecular complexity index is 796. The zero-order chi connectivity index (χ0) is 15.0. The summed E-state index contributed by atoms with van der Waals surface area (Å²) in [5, 5.41) is -0.909. The Kier molecular flexibility index (Phi) is 3.37. The molecule has 2 aromatic rings. The zero-order valence-corrected chi connectivity index (χ0v) is 11.7. The fourth-order valence-electron chi connectivity index (χ4n) is 2.45. The van der Waals surface area contributed by atoms with Gasteiger partial charge in [0.15, 0.2) is 9.84 Å². The van der Waals surface area contributed by atoms with Gasteiger partial charge < -0.3 is 0 Å². The molecule has 0 spiro atoms. The molecule has 0 saturated heterocycles. The summed E-state index contributed by atoms with van der Waals surface area (Å²) in [6, 6.07) is 12.2. The topological polar surface area (TPSA) is 34.1 Å². The number of fused-ring (bicyclic) bond motifs is 1. The van der Waals surface area contributed by atoms with Gasteiger partial charge in [-0.25, -0.2) is 17.2 Å². The smallest absolute Gasteiger partial charge is 0.223 e. The molecular formula is C16H12F2O2S. The number of benzene rings is 2. The van der Waals surface area contributed by atoms with Crippen molar-refractivity contribution in [3.63, 3.8) is 0 Å². The van der Waals surface area contributed by atoms with E-state index in [1.807, 2.05) is 0 Å². The summed E-state index contributed by atoms with van der Waals surface area (Å²) >= 11 is 0. The molecule has 1 aliphatic rings. The molecule has 0 fully saturated rings. The van der Waals surface area contributed by atoms with Gasteiger partial charge in [0.25, 0.3) is 6.43 Å². The third-order valence-corrected chi connectivity index (χ3v) is 5.53. The van der Waals surface area contributed by atoms with E-state index in [2.05, 4.69) is 0 Å². The summed E-state index contributed by atoms with van der Waals surface area (Å²) < 4.78 is 50.9. The molecule has 0 amide bonds. The first-order chi connectivity index (χ1) is 10.00. The minimum Gasteiger partial charge on any atom is -0.223 e. The van der Waals surface area contributed by atoms with E-state index >= 15 is 0 Å². The van der Waals surface area contributed by atoms with Gasteiger partial charge in [0.05, 0.1) is 4.90 Å². The highest BCUT2D eigenvalue weighted by molar-refractivity contribution is 7.91. The fourth-order valence-corrected chi connectivity index (χ4v) is 4.10. The van der Waals surface area contributed by atoms with Crippen molar-refractivity contribution in [2.75, 3.05) is 0 Å². The summed E-state index contributed by atoms with van der Waals surface area (Å²) in [5.41, 5.74) is 0.922. The lowest BCUT2D eigenvalue weighted by atomic mass is 10.1. The van der Waals surface area contributed by atoms with Crippen molar-refractivity contribution in [1.82, 2.24) is 0 Å². The third-order valence-electron chi connectivity index (χ3n) is 3.53. The average molecular weight is 306 g/mol. The molecule has 0 heterocycles. The van der Waals surface area contributed by atoms with Crippen LogP contribution in [0.15, 0.2) is 59.5 Å². The van der Waals surface area contributed by atoms with Gasteiger partial charge in [-0.2, -0.15) is 0 Å². The van der Waals surface area contributed by atoms with Crippen LogP contribution in [0.3, 0.4) is 0 Å². The minimum absolute atomic E-state index is 0.161. The quantitative estimate of drug-likeness (QED) is 0.853. The second kappa shape index (κ2) is 5.07. The molecule has 0 N–H and O–H groups in total. The van der Waals surface area contributed by atoms with Crippen LogP contribution in [0.5, 0.6) is 0 Å². The highest BCUT2D eigenvalue weighted by Gasteiger charge is 2.31. The summed E-state index contributed by atoms with van der Waals surface area (Å²) in [4.78, 5) is 0.190. The van der Waals surface area contributed by atoms with Crippen molar-refractivity contribution < 1.29 is 17.2 Å². The van der Waals surface area contributed by atoms with E-state index in [0.717, 1.165) is 0 Å². The van der Waals surface area contributed by atoms with Gasteiger partial charge in [-0.05, 0) is 29.3 Å². The van der Waals surface area contributed by atoms with E-state index < -0.39 is 21.5 Å². The zero-order valence-electron chi connectivity index (χ0n) is 10.9. The largest absolute Gasteiger partial charge is 0.263 e. The maximum atomic E-state index is 12.8. The van der Waals surface area contributed by atoms with Crippen molar-refractivity contribution in [3.05, 3.63) is 71.3 Å². The van der Waals surface area contributed by atoms with Gasteiger partial charge in [-0.1, -0.05) is 42.5 Å². The standard InChI is InChI=1S/C16H12F2O2S/c17-16(18)12-7-6-11-8-9-15(14(11)10-12)21(19,20)13-4-2-1-3-5-13/h1-10,15-16H. The Morgan fingerprint density at radius 1 is 1.00 bits per heavy atom. The molecule has 1 unspecified atom stereocenters. The Morgan fingerprint density at radius 2 is 1.71 bits per heavy atom. The van der Waals surface area contributed by atoms with Crippen LogP contribution in [0.25, 0.3) is 6.08 Å². The molecule has 3 rings (SSSR count). The number of hydrogen-bond acceptors (Lipinski definition) is 2. The fraction of sp³-hybridized carbons (Fsp3) is 0.125. The van der Waals surface area contributed by atoms with Crippen molar-refractivity contribution in [1.29, 1.82) is 0 Å². The normalized spacial score (nSPS) is 17.2. The van der Waals surface area contributed by atoms with Gasteiger partial charge >= 0.3 is 0 Å².